The first-order valence-corrected chi connectivity index (χ1v) is 7.19. The number of halogens is 1. The number of nitrogens with two attached hydrogens (primary N) is 1. The first-order chi connectivity index (χ1) is 9.04. The predicted molar refractivity (Wildman–Crippen MR) is 81.3 cm³/mol. The van der Waals surface area contributed by atoms with Gasteiger partial charge in [-0.05, 0) is 39.5 Å². The van der Waals surface area contributed by atoms with E-state index in [0.717, 1.165) is 27.1 Å². The van der Waals surface area contributed by atoms with Gasteiger partial charge >= 0.3 is 0 Å². The molecule has 0 aliphatic rings. The highest BCUT2D eigenvalue weighted by Gasteiger charge is 2.17. The number of fused-ring (bicyclic) bond motifs is 3. The van der Waals surface area contributed by atoms with Gasteiger partial charge in [0.25, 0.3) is 0 Å². The summed E-state index contributed by atoms with van der Waals surface area (Å²) in [5.74, 6) is 1.43. The molecule has 0 saturated carbocycles. The summed E-state index contributed by atoms with van der Waals surface area (Å²) in [4.78, 5) is 4.73. The third-order valence-corrected chi connectivity index (χ3v) is 4.47. The summed E-state index contributed by atoms with van der Waals surface area (Å²) in [7, 11) is 2.00. The topological polar surface area (TPSA) is 48.2 Å². The van der Waals surface area contributed by atoms with Gasteiger partial charge in [0.05, 0.1) is 16.7 Å². The van der Waals surface area contributed by atoms with Gasteiger partial charge < -0.3 is 10.3 Å². The molecule has 0 amide bonds. The molecule has 0 atom stereocenters. The smallest absolute Gasteiger partial charge is 0.215 e. The normalized spacial score (nSPS) is 12.1. The molecular formula is C14H17BrN4. The summed E-state index contributed by atoms with van der Waals surface area (Å²) < 4.78 is 5.15. The Morgan fingerprint density at radius 1 is 1.37 bits per heavy atom. The molecule has 0 unspecified atom stereocenters. The highest BCUT2D eigenvalue weighted by atomic mass is 79.9. The van der Waals surface area contributed by atoms with E-state index in [4.69, 9.17) is 10.7 Å². The molecule has 0 aliphatic heterocycles. The summed E-state index contributed by atoms with van der Waals surface area (Å²) in [6.07, 6.45) is 0. The van der Waals surface area contributed by atoms with Crippen molar-refractivity contribution in [3.05, 3.63) is 34.1 Å². The lowest BCUT2D eigenvalue weighted by molar-refractivity contribution is 0.836. The van der Waals surface area contributed by atoms with Gasteiger partial charge in [-0.15, -0.1) is 0 Å². The van der Waals surface area contributed by atoms with Crippen LogP contribution in [-0.2, 0) is 13.6 Å². The second-order valence-corrected chi connectivity index (χ2v) is 5.90. The maximum atomic E-state index is 5.79. The Morgan fingerprint density at radius 2 is 2.11 bits per heavy atom. The molecule has 0 saturated heterocycles. The Kier molecular flexibility index (Phi) is 2.91. The molecule has 1 aromatic carbocycles. The van der Waals surface area contributed by atoms with Crippen molar-refractivity contribution in [1.82, 2.24) is 14.0 Å². The van der Waals surface area contributed by atoms with E-state index in [0.29, 0.717) is 12.5 Å². The van der Waals surface area contributed by atoms with Gasteiger partial charge in [0.15, 0.2) is 0 Å². The van der Waals surface area contributed by atoms with Crippen LogP contribution in [0.2, 0.25) is 0 Å². The van der Waals surface area contributed by atoms with Crippen molar-refractivity contribution in [1.29, 1.82) is 0 Å². The molecule has 0 bridgehead atoms. The van der Waals surface area contributed by atoms with E-state index in [-0.39, 0.29) is 0 Å². The Labute approximate surface area is 120 Å². The van der Waals surface area contributed by atoms with Gasteiger partial charge in [-0.2, -0.15) is 0 Å². The molecule has 2 heterocycles. The van der Waals surface area contributed by atoms with Crippen LogP contribution >= 0.6 is 15.9 Å². The highest BCUT2D eigenvalue weighted by molar-refractivity contribution is 9.10. The number of rotatable bonds is 2. The molecule has 5 heteroatoms. The van der Waals surface area contributed by atoms with Crippen LogP contribution in [0.25, 0.3) is 16.8 Å². The molecule has 3 rings (SSSR count). The van der Waals surface area contributed by atoms with Gasteiger partial charge in [0.1, 0.15) is 4.60 Å². The van der Waals surface area contributed by atoms with E-state index < -0.39 is 0 Å². The zero-order valence-electron chi connectivity index (χ0n) is 11.3. The molecule has 0 spiro atoms. The molecule has 3 aromatic rings. The molecule has 4 nitrogen and oxygen atoms in total. The average Bonchev–Trinajstić information content (AvgIpc) is 2.86. The van der Waals surface area contributed by atoms with E-state index in [1.165, 1.54) is 5.56 Å². The van der Waals surface area contributed by atoms with Crippen LogP contribution in [0.3, 0.4) is 0 Å². The minimum absolute atomic E-state index is 0.492. The quantitative estimate of drug-likeness (QED) is 0.788. The van der Waals surface area contributed by atoms with Crippen molar-refractivity contribution < 1.29 is 0 Å². The monoisotopic (exact) mass is 320 g/mol. The average molecular weight is 321 g/mol. The number of imidazole rings is 2. The maximum Gasteiger partial charge on any atom is 0.215 e. The molecule has 0 aliphatic carbocycles. The second kappa shape index (κ2) is 4.35. The van der Waals surface area contributed by atoms with Crippen LogP contribution in [0.4, 0.5) is 0 Å². The van der Waals surface area contributed by atoms with Gasteiger partial charge in [0, 0.05) is 13.6 Å². The standard InChI is InChI=1S/C14H17BrN4/c1-8(2)9-4-5-11-10(6-9)17-14-18(3)12(7-16)13(15)19(11)14/h4-6,8H,7,16H2,1-3H3. The molecule has 2 N–H and O–H groups in total. The van der Waals surface area contributed by atoms with E-state index in [1.54, 1.807) is 0 Å². The Bertz CT molecular complexity index is 767. The number of benzene rings is 1. The van der Waals surface area contributed by atoms with Crippen molar-refractivity contribution in [2.45, 2.75) is 26.3 Å². The van der Waals surface area contributed by atoms with E-state index in [2.05, 4.69) is 52.4 Å². The molecular weight excluding hydrogens is 304 g/mol. The summed E-state index contributed by atoms with van der Waals surface area (Å²) in [5.41, 5.74) is 10.3. The third kappa shape index (κ3) is 1.72. The fourth-order valence-corrected chi connectivity index (χ4v) is 3.25. The van der Waals surface area contributed by atoms with Crippen molar-refractivity contribution in [2.75, 3.05) is 0 Å². The van der Waals surface area contributed by atoms with E-state index >= 15 is 0 Å². The first kappa shape index (κ1) is 12.7. The maximum absolute atomic E-state index is 5.79. The van der Waals surface area contributed by atoms with Gasteiger partial charge in [0.2, 0.25) is 5.78 Å². The Morgan fingerprint density at radius 3 is 2.74 bits per heavy atom. The van der Waals surface area contributed by atoms with Gasteiger partial charge in [-0.1, -0.05) is 19.9 Å². The fourth-order valence-electron chi connectivity index (χ4n) is 2.47. The van der Waals surface area contributed by atoms with E-state index in [9.17, 15) is 0 Å². The van der Waals surface area contributed by atoms with Crippen LogP contribution in [0.5, 0.6) is 0 Å². The Balaban J connectivity index is 2.38. The first-order valence-electron chi connectivity index (χ1n) is 6.39. The van der Waals surface area contributed by atoms with Crippen LogP contribution < -0.4 is 5.73 Å². The van der Waals surface area contributed by atoms with Crippen LogP contribution in [0.15, 0.2) is 22.8 Å². The Hall–Kier alpha value is -1.33. The largest absolute Gasteiger partial charge is 0.325 e. The summed E-state index contributed by atoms with van der Waals surface area (Å²) >= 11 is 3.63. The van der Waals surface area contributed by atoms with Crippen molar-refractivity contribution >= 4 is 32.7 Å². The highest BCUT2D eigenvalue weighted by Crippen LogP contribution is 2.28. The predicted octanol–water partition coefficient (Wildman–Crippen LogP) is 3.17. The fraction of sp³-hybridized carbons (Fsp3) is 0.357. The summed E-state index contributed by atoms with van der Waals surface area (Å²) in [6, 6.07) is 6.47. The number of nitrogens with zero attached hydrogens (tertiary/aromatic N) is 3. The van der Waals surface area contributed by atoms with Gasteiger partial charge in [-0.3, -0.25) is 4.40 Å². The summed E-state index contributed by atoms with van der Waals surface area (Å²) in [6.45, 7) is 4.88. The zero-order valence-corrected chi connectivity index (χ0v) is 12.9. The van der Waals surface area contributed by atoms with Crippen LogP contribution in [0.1, 0.15) is 31.0 Å². The minimum Gasteiger partial charge on any atom is -0.325 e. The number of hydrogen-bond acceptors (Lipinski definition) is 2. The third-order valence-electron chi connectivity index (χ3n) is 3.66. The van der Waals surface area contributed by atoms with E-state index in [1.807, 2.05) is 11.6 Å². The van der Waals surface area contributed by atoms with Crippen molar-refractivity contribution in [3.8, 4) is 0 Å². The SMILES string of the molecule is CC(C)c1ccc2c(c1)nc1n(C)c(CN)c(Br)n21. The lowest BCUT2D eigenvalue weighted by Crippen LogP contribution is -2.04. The molecule has 0 fully saturated rings. The van der Waals surface area contributed by atoms with Crippen molar-refractivity contribution in [3.63, 3.8) is 0 Å². The second-order valence-electron chi connectivity index (χ2n) is 5.15. The van der Waals surface area contributed by atoms with Gasteiger partial charge in [-0.25, -0.2) is 4.98 Å². The molecule has 19 heavy (non-hydrogen) atoms. The molecule has 2 aromatic heterocycles. The number of aromatic nitrogens is 3. The lowest BCUT2D eigenvalue weighted by Gasteiger charge is -2.04. The summed E-state index contributed by atoms with van der Waals surface area (Å²) in [5, 5.41) is 0. The van der Waals surface area contributed by atoms with Crippen molar-refractivity contribution in [2.24, 2.45) is 12.8 Å². The molecule has 100 valence electrons. The number of hydrogen-bond donors (Lipinski definition) is 1. The molecule has 0 radical (unpaired) electrons. The zero-order chi connectivity index (χ0) is 13.7. The van der Waals surface area contributed by atoms with Crippen LogP contribution in [-0.4, -0.2) is 14.0 Å². The lowest BCUT2D eigenvalue weighted by atomic mass is 10.0. The van der Waals surface area contributed by atoms with Crippen LogP contribution in [0, 0.1) is 0 Å². The number of aryl methyl sites for hydroxylation is 1. The minimum atomic E-state index is 0.492.